The average molecular weight is 393 g/mol. The molecule has 152 valence electrons. The molecule has 2 heterocycles. The summed E-state index contributed by atoms with van der Waals surface area (Å²) in [6.07, 6.45) is 2.98. The van der Waals surface area contributed by atoms with Crippen LogP contribution in [0.25, 0.3) is 0 Å². The fourth-order valence-electron chi connectivity index (χ4n) is 3.78. The van der Waals surface area contributed by atoms with Crippen molar-refractivity contribution in [2.75, 3.05) is 18.0 Å². The van der Waals surface area contributed by atoms with Crippen LogP contribution in [0.2, 0.25) is 0 Å². The van der Waals surface area contributed by atoms with Crippen LogP contribution in [-0.2, 0) is 16.1 Å². The second-order valence-corrected chi connectivity index (χ2v) is 7.52. The van der Waals surface area contributed by atoms with Gasteiger partial charge in [-0.3, -0.25) is 9.59 Å². The van der Waals surface area contributed by atoms with Gasteiger partial charge in [-0.1, -0.05) is 32.0 Å². The third kappa shape index (κ3) is 4.68. The highest BCUT2D eigenvalue weighted by Gasteiger charge is 2.38. The van der Waals surface area contributed by atoms with Gasteiger partial charge in [0.25, 0.3) is 0 Å². The predicted molar refractivity (Wildman–Crippen MR) is 110 cm³/mol. The van der Waals surface area contributed by atoms with Crippen LogP contribution in [0, 0.1) is 17.2 Å². The van der Waals surface area contributed by atoms with E-state index in [9.17, 15) is 9.59 Å². The summed E-state index contributed by atoms with van der Waals surface area (Å²) >= 11 is 0. The van der Waals surface area contributed by atoms with Gasteiger partial charge in [0.2, 0.25) is 11.8 Å². The molecule has 0 radical (unpaired) electrons. The van der Waals surface area contributed by atoms with Crippen molar-refractivity contribution >= 4 is 17.5 Å². The van der Waals surface area contributed by atoms with E-state index in [0.29, 0.717) is 31.3 Å². The topological polar surface area (TPSA) is 77.6 Å². The molecule has 1 aromatic carbocycles. The van der Waals surface area contributed by atoms with Crippen LogP contribution in [0.4, 0.5) is 5.69 Å². The second-order valence-electron chi connectivity index (χ2n) is 7.52. The fourth-order valence-corrected chi connectivity index (χ4v) is 3.78. The van der Waals surface area contributed by atoms with E-state index < -0.39 is 5.92 Å². The van der Waals surface area contributed by atoms with E-state index in [1.807, 2.05) is 18.2 Å². The minimum atomic E-state index is -0.416. The number of nitrogens with zero attached hydrogens (tertiary/aromatic N) is 3. The first-order chi connectivity index (χ1) is 14.0. The molecule has 1 aliphatic heterocycles. The third-order valence-electron chi connectivity index (χ3n) is 5.58. The van der Waals surface area contributed by atoms with Crippen LogP contribution in [0.3, 0.4) is 0 Å². The van der Waals surface area contributed by atoms with Crippen LogP contribution in [0.1, 0.15) is 50.4 Å². The zero-order valence-corrected chi connectivity index (χ0v) is 17.0. The summed E-state index contributed by atoms with van der Waals surface area (Å²) in [4.78, 5) is 29.3. The van der Waals surface area contributed by atoms with Gasteiger partial charge >= 0.3 is 0 Å². The average Bonchev–Trinajstić information content (AvgIpc) is 3.39. The number of furan rings is 1. The highest BCUT2D eigenvalue weighted by atomic mass is 16.3. The number of carbonyl (C=O) groups is 2. The molecule has 2 unspecified atom stereocenters. The SMILES string of the molecule is CCC(C)c1ccccc1N1CC(C(=O)N(CCC#N)Cc2ccco2)CC1=O. The standard InChI is InChI=1S/C23H27N3O3/c1-3-17(2)20-9-4-5-10-21(20)26-15-18(14-22(26)27)23(28)25(12-7-11-24)16-19-8-6-13-29-19/h4-6,8-10,13,17-18H,3,7,12,14-16H2,1-2H3. The molecule has 0 spiro atoms. The van der Waals surface area contributed by atoms with Crippen LogP contribution < -0.4 is 4.90 Å². The lowest BCUT2D eigenvalue weighted by Crippen LogP contribution is -2.37. The minimum Gasteiger partial charge on any atom is -0.467 e. The van der Waals surface area contributed by atoms with Crippen LogP contribution in [0.5, 0.6) is 0 Å². The lowest BCUT2D eigenvalue weighted by atomic mass is 9.96. The Balaban J connectivity index is 1.78. The fraction of sp³-hybridized carbons (Fsp3) is 0.435. The summed E-state index contributed by atoms with van der Waals surface area (Å²) in [6.45, 7) is 5.27. The monoisotopic (exact) mass is 393 g/mol. The summed E-state index contributed by atoms with van der Waals surface area (Å²) in [5.41, 5.74) is 2.03. The molecular weight excluding hydrogens is 366 g/mol. The summed E-state index contributed by atoms with van der Waals surface area (Å²) < 4.78 is 5.37. The molecule has 3 rings (SSSR count). The molecule has 0 bridgehead atoms. The van der Waals surface area contributed by atoms with Crippen molar-refractivity contribution in [2.45, 2.75) is 45.6 Å². The largest absolute Gasteiger partial charge is 0.467 e. The highest BCUT2D eigenvalue weighted by Crippen LogP contribution is 2.34. The highest BCUT2D eigenvalue weighted by molar-refractivity contribution is 6.00. The quantitative estimate of drug-likeness (QED) is 0.677. The molecule has 2 amide bonds. The van der Waals surface area contributed by atoms with Crippen molar-refractivity contribution < 1.29 is 14.0 Å². The number of carbonyl (C=O) groups excluding carboxylic acids is 2. The van der Waals surface area contributed by atoms with E-state index in [1.165, 1.54) is 0 Å². The Kier molecular flexibility index (Phi) is 6.71. The van der Waals surface area contributed by atoms with Gasteiger partial charge < -0.3 is 14.2 Å². The molecule has 1 fully saturated rings. The van der Waals surface area contributed by atoms with Gasteiger partial charge in [-0.15, -0.1) is 0 Å². The van der Waals surface area contributed by atoms with E-state index in [2.05, 4.69) is 26.0 Å². The van der Waals surface area contributed by atoms with E-state index >= 15 is 0 Å². The number of amides is 2. The van der Waals surface area contributed by atoms with E-state index in [4.69, 9.17) is 9.68 Å². The lowest BCUT2D eigenvalue weighted by Gasteiger charge is -2.25. The Morgan fingerprint density at radius 3 is 2.83 bits per heavy atom. The van der Waals surface area contributed by atoms with Gasteiger partial charge in [0.15, 0.2) is 0 Å². The zero-order chi connectivity index (χ0) is 20.8. The molecule has 0 saturated carbocycles. The van der Waals surface area contributed by atoms with E-state index in [0.717, 1.165) is 17.7 Å². The van der Waals surface area contributed by atoms with Gasteiger partial charge in [-0.2, -0.15) is 5.26 Å². The smallest absolute Gasteiger partial charge is 0.228 e. The molecule has 1 aromatic heterocycles. The van der Waals surface area contributed by atoms with Crippen molar-refractivity contribution in [3.63, 3.8) is 0 Å². The molecule has 0 N–H and O–H groups in total. The Bertz CT molecular complexity index is 885. The zero-order valence-electron chi connectivity index (χ0n) is 17.0. The van der Waals surface area contributed by atoms with Crippen molar-refractivity contribution in [3.05, 3.63) is 54.0 Å². The normalized spacial score (nSPS) is 17.2. The molecule has 29 heavy (non-hydrogen) atoms. The molecule has 1 saturated heterocycles. The first-order valence-electron chi connectivity index (χ1n) is 10.1. The Morgan fingerprint density at radius 2 is 2.14 bits per heavy atom. The Hall–Kier alpha value is -3.07. The van der Waals surface area contributed by atoms with Crippen LogP contribution >= 0.6 is 0 Å². The third-order valence-corrected chi connectivity index (χ3v) is 5.58. The Morgan fingerprint density at radius 1 is 1.34 bits per heavy atom. The Labute approximate surface area is 171 Å². The number of nitriles is 1. The van der Waals surface area contributed by atoms with Gasteiger partial charge in [-0.05, 0) is 36.1 Å². The molecule has 6 heteroatoms. The first kappa shape index (κ1) is 20.7. The summed E-state index contributed by atoms with van der Waals surface area (Å²) in [5.74, 6) is 0.450. The summed E-state index contributed by atoms with van der Waals surface area (Å²) in [5, 5.41) is 8.95. The van der Waals surface area contributed by atoms with Crippen LogP contribution in [-0.4, -0.2) is 29.8 Å². The van der Waals surface area contributed by atoms with Gasteiger partial charge in [0.05, 0.1) is 31.2 Å². The van der Waals surface area contributed by atoms with Crippen molar-refractivity contribution in [2.24, 2.45) is 5.92 Å². The number of anilines is 1. The molecule has 1 aliphatic rings. The van der Waals surface area contributed by atoms with Gasteiger partial charge in [0, 0.05) is 25.2 Å². The number of benzene rings is 1. The molecule has 2 atom stereocenters. The number of para-hydroxylation sites is 1. The molecule has 2 aromatic rings. The van der Waals surface area contributed by atoms with Crippen LogP contribution in [0.15, 0.2) is 47.1 Å². The number of hydrogen-bond donors (Lipinski definition) is 0. The summed E-state index contributed by atoms with van der Waals surface area (Å²) in [6, 6.07) is 13.6. The lowest BCUT2D eigenvalue weighted by molar-refractivity contribution is -0.136. The maximum absolute atomic E-state index is 13.2. The van der Waals surface area contributed by atoms with Crippen molar-refractivity contribution in [1.29, 1.82) is 5.26 Å². The molecule has 6 nitrogen and oxygen atoms in total. The van der Waals surface area contributed by atoms with E-state index in [1.54, 1.807) is 28.2 Å². The molecular formula is C23H27N3O3. The number of hydrogen-bond acceptors (Lipinski definition) is 4. The summed E-state index contributed by atoms with van der Waals surface area (Å²) in [7, 11) is 0. The van der Waals surface area contributed by atoms with Gasteiger partial charge in [-0.25, -0.2) is 0 Å². The maximum atomic E-state index is 13.2. The van der Waals surface area contributed by atoms with E-state index in [-0.39, 0.29) is 24.7 Å². The van der Waals surface area contributed by atoms with Gasteiger partial charge in [0.1, 0.15) is 5.76 Å². The predicted octanol–water partition coefficient (Wildman–Crippen LogP) is 4.09. The number of rotatable bonds is 8. The van der Waals surface area contributed by atoms with Crippen molar-refractivity contribution in [3.8, 4) is 6.07 Å². The van der Waals surface area contributed by atoms with Crippen molar-refractivity contribution in [1.82, 2.24) is 4.90 Å². The molecule has 0 aliphatic carbocycles. The minimum absolute atomic E-state index is 0.0302. The first-order valence-corrected chi connectivity index (χ1v) is 10.1. The maximum Gasteiger partial charge on any atom is 0.228 e. The second kappa shape index (κ2) is 9.42.